The van der Waals surface area contributed by atoms with E-state index >= 15 is 0 Å². The summed E-state index contributed by atoms with van der Waals surface area (Å²) >= 11 is 0. The molecule has 0 aliphatic carbocycles. The van der Waals surface area contributed by atoms with Gasteiger partial charge >= 0.3 is 5.97 Å². The number of ether oxygens (including phenoxy) is 1. The highest BCUT2D eigenvalue weighted by atomic mass is 16.5. The fraction of sp³-hybridized carbons (Fsp3) is 0.200. The summed E-state index contributed by atoms with van der Waals surface area (Å²) in [5.74, 6) is -1.27. The predicted molar refractivity (Wildman–Crippen MR) is 107 cm³/mol. The predicted octanol–water partition coefficient (Wildman–Crippen LogP) is 2.17. The molecule has 1 aromatic heterocycles. The normalized spacial score (nSPS) is 11.7. The van der Waals surface area contributed by atoms with Gasteiger partial charge in [-0.25, -0.2) is 9.89 Å². The monoisotopic (exact) mass is 380 g/mol. The number of aromatic nitrogens is 2. The molecule has 0 bridgehead atoms. The number of esters is 1. The van der Waals surface area contributed by atoms with E-state index < -0.39 is 23.5 Å². The molecule has 0 spiro atoms. The third kappa shape index (κ3) is 4.01. The number of fused-ring (bicyclic) bond motifs is 1. The molecular formula is C20H20N4O4. The highest BCUT2D eigenvalue weighted by molar-refractivity contribution is 6.03. The van der Waals surface area contributed by atoms with E-state index in [4.69, 9.17) is 4.74 Å². The van der Waals surface area contributed by atoms with Gasteiger partial charge in [-0.3, -0.25) is 9.59 Å². The van der Waals surface area contributed by atoms with Crippen LogP contribution in [0.3, 0.4) is 0 Å². The first-order valence-corrected chi connectivity index (χ1v) is 8.63. The van der Waals surface area contributed by atoms with E-state index in [0.717, 1.165) is 5.69 Å². The summed E-state index contributed by atoms with van der Waals surface area (Å²) in [6.07, 6.45) is -1.05. The van der Waals surface area contributed by atoms with Crippen LogP contribution in [-0.2, 0) is 9.53 Å². The number of benzene rings is 2. The van der Waals surface area contributed by atoms with E-state index in [9.17, 15) is 14.4 Å². The fourth-order valence-corrected chi connectivity index (χ4v) is 2.63. The number of aromatic amines is 1. The zero-order valence-corrected chi connectivity index (χ0v) is 15.7. The van der Waals surface area contributed by atoms with Gasteiger partial charge in [0.25, 0.3) is 11.5 Å². The van der Waals surface area contributed by atoms with Gasteiger partial charge in [0, 0.05) is 30.9 Å². The Morgan fingerprint density at radius 1 is 1.07 bits per heavy atom. The highest BCUT2D eigenvalue weighted by Gasteiger charge is 2.22. The molecule has 2 aromatic carbocycles. The van der Waals surface area contributed by atoms with Gasteiger partial charge in [0.05, 0.1) is 5.39 Å². The Labute approximate surface area is 161 Å². The molecule has 8 nitrogen and oxygen atoms in total. The summed E-state index contributed by atoms with van der Waals surface area (Å²) < 4.78 is 5.24. The lowest BCUT2D eigenvalue weighted by molar-refractivity contribution is -0.123. The summed E-state index contributed by atoms with van der Waals surface area (Å²) in [6.45, 7) is 1.47. The summed E-state index contributed by atoms with van der Waals surface area (Å²) in [7, 11) is 3.84. The largest absolute Gasteiger partial charge is 0.448 e. The average Bonchev–Trinajstić information content (AvgIpc) is 2.68. The summed E-state index contributed by atoms with van der Waals surface area (Å²) in [5.41, 5.74) is 1.13. The number of H-pyrrole nitrogens is 1. The molecule has 0 saturated carbocycles. The van der Waals surface area contributed by atoms with E-state index in [-0.39, 0.29) is 5.69 Å². The molecule has 3 aromatic rings. The van der Waals surface area contributed by atoms with Gasteiger partial charge in [-0.2, -0.15) is 5.10 Å². The quantitative estimate of drug-likeness (QED) is 0.658. The molecule has 1 heterocycles. The lowest BCUT2D eigenvalue weighted by Gasteiger charge is -2.15. The minimum atomic E-state index is -1.05. The second kappa shape index (κ2) is 7.91. The van der Waals surface area contributed by atoms with Gasteiger partial charge in [0.1, 0.15) is 0 Å². The number of hydrogen-bond acceptors (Lipinski definition) is 6. The Morgan fingerprint density at radius 3 is 2.36 bits per heavy atom. The number of hydrogen-bond donors (Lipinski definition) is 2. The molecule has 0 fully saturated rings. The van der Waals surface area contributed by atoms with Crippen LogP contribution < -0.4 is 15.8 Å². The molecular weight excluding hydrogens is 360 g/mol. The number of carbonyl (C=O) groups excluding carboxylic acids is 2. The zero-order chi connectivity index (χ0) is 20.3. The van der Waals surface area contributed by atoms with Crippen molar-refractivity contribution in [2.24, 2.45) is 0 Å². The number of rotatable bonds is 5. The van der Waals surface area contributed by atoms with Gasteiger partial charge in [-0.1, -0.05) is 18.2 Å². The fourth-order valence-electron chi connectivity index (χ4n) is 2.63. The van der Waals surface area contributed by atoms with Crippen molar-refractivity contribution >= 4 is 34.0 Å². The number of nitrogens with zero attached hydrogens (tertiary/aromatic N) is 2. The molecule has 3 rings (SSSR count). The van der Waals surface area contributed by atoms with Crippen molar-refractivity contribution < 1.29 is 14.3 Å². The second-order valence-electron chi connectivity index (χ2n) is 6.43. The topological polar surface area (TPSA) is 104 Å². The lowest BCUT2D eigenvalue weighted by Crippen LogP contribution is -2.30. The number of anilines is 2. The maximum Gasteiger partial charge on any atom is 0.360 e. The van der Waals surface area contributed by atoms with E-state index in [0.29, 0.717) is 16.5 Å². The first-order chi connectivity index (χ1) is 13.4. The van der Waals surface area contributed by atoms with Crippen LogP contribution in [0.5, 0.6) is 0 Å². The van der Waals surface area contributed by atoms with Crippen LogP contribution in [0.25, 0.3) is 10.8 Å². The number of amides is 1. The Bertz CT molecular complexity index is 1070. The second-order valence-corrected chi connectivity index (χ2v) is 6.43. The SMILES string of the molecule is C[C@H](OC(=O)c1n[nH]c(=O)c2ccccc12)C(=O)Nc1ccc(N(C)C)cc1. The Kier molecular flexibility index (Phi) is 5.39. The van der Waals surface area contributed by atoms with E-state index in [1.54, 1.807) is 36.4 Å². The maximum atomic E-state index is 12.5. The molecule has 1 amide bonds. The summed E-state index contributed by atoms with van der Waals surface area (Å²) in [6, 6.07) is 13.8. The molecule has 0 aliphatic rings. The molecule has 144 valence electrons. The van der Waals surface area contributed by atoms with E-state index in [2.05, 4.69) is 15.5 Å². The third-order valence-corrected chi connectivity index (χ3v) is 4.19. The van der Waals surface area contributed by atoms with Crippen LogP contribution in [0, 0.1) is 0 Å². The molecule has 1 atom stereocenters. The number of carbonyl (C=O) groups is 2. The Balaban J connectivity index is 1.71. The number of nitrogens with one attached hydrogen (secondary N) is 2. The summed E-state index contributed by atoms with van der Waals surface area (Å²) in [4.78, 5) is 38.6. The van der Waals surface area contributed by atoms with Crippen LogP contribution >= 0.6 is 0 Å². The molecule has 8 heteroatoms. The Morgan fingerprint density at radius 2 is 1.71 bits per heavy atom. The molecule has 0 unspecified atom stereocenters. The average molecular weight is 380 g/mol. The van der Waals surface area contributed by atoms with Crippen molar-refractivity contribution in [2.75, 3.05) is 24.3 Å². The van der Waals surface area contributed by atoms with Gasteiger partial charge in [0.2, 0.25) is 0 Å². The highest BCUT2D eigenvalue weighted by Crippen LogP contribution is 2.17. The smallest absolute Gasteiger partial charge is 0.360 e. The third-order valence-electron chi connectivity index (χ3n) is 4.19. The standard InChI is InChI=1S/C20H20N4O4/c1-12(18(25)21-13-8-10-14(11-9-13)24(2)3)28-20(27)17-15-6-4-5-7-16(15)19(26)23-22-17/h4-12H,1-3H3,(H,21,25)(H,23,26)/t12-/m0/s1. The molecule has 0 aliphatic heterocycles. The van der Waals surface area contributed by atoms with Crippen molar-refractivity contribution in [3.8, 4) is 0 Å². The van der Waals surface area contributed by atoms with Gasteiger partial charge in [-0.05, 0) is 37.3 Å². The van der Waals surface area contributed by atoms with Crippen LogP contribution in [0.4, 0.5) is 11.4 Å². The van der Waals surface area contributed by atoms with Crippen molar-refractivity contribution in [1.82, 2.24) is 10.2 Å². The van der Waals surface area contributed by atoms with E-state index in [1.807, 2.05) is 31.1 Å². The zero-order valence-electron chi connectivity index (χ0n) is 15.7. The van der Waals surface area contributed by atoms with Crippen molar-refractivity contribution in [2.45, 2.75) is 13.0 Å². The van der Waals surface area contributed by atoms with Gasteiger partial charge < -0.3 is 15.0 Å². The van der Waals surface area contributed by atoms with Crippen LogP contribution in [0.1, 0.15) is 17.4 Å². The lowest BCUT2D eigenvalue weighted by atomic mass is 10.1. The van der Waals surface area contributed by atoms with Crippen LogP contribution in [0.15, 0.2) is 53.3 Å². The molecule has 2 N–H and O–H groups in total. The van der Waals surface area contributed by atoms with E-state index in [1.165, 1.54) is 6.92 Å². The molecule has 28 heavy (non-hydrogen) atoms. The first kappa shape index (κ1) is 19.1. The summed E-state index contributed by atoms with van der Waals surface area (Å²) in [5, 5.41) is 9.43. The van der Waals surface area contributed by atoms with Crippen molar-refractivity contribution in [3.63, 3.8) is 0 Å². The van der Waals surface area contributed by atoms with Gasteiger partial charge in [-0.15, -0.1) is 0 Å². The Hall–Kier alpha value is -3.68. The van der Waals surface area contributed by atoms with Crippen molar-refractivity contribution in [1.29, 1.82) is 0 Å². The minimum absolute atomic E-state index is 0.0508. The maximum absolute atomic E-state index is 12.5. The first-order valence-electron chi connectivity index (χ1n) is 8.63. The molecule has 0 radical (unpaired) electrons. The van der Waals surface area contributed by atoms with Crippen LogP contribution in [0.2, 0.25) is 0 Å². The molecule has 0 saturated heterocycles. The van der Waals surface area contributed by atoms with Gasteiger partial charge in [0.15, 0.2) is 11.8 Å². The van der Waals surface area contributed by atoms with Crippen molar-refractivity contribution in [3.05, 3.63) is 64.6 Å². The van der Waals surface area contributed by atoms with Crippen LogP contribution in [-0.4, -0.2) is 42.3 Å². The minimum Gasteiger partial charge on any atom is -0.448 e.